The van der Waals surface area contributed by atoms with Crippen molar-refractivity contribution in [2.24, 2.45) is 0 Å². The second kappa shape index (κ2) is 4.86. The van der Waals surface area contributed by atoms with Gasteiger partial charge in [0, 0.05) is 25.3 Å². The van der Waals surface area contributed by atoms with Gasteiger partial charge in [0.15, 0.2) is 0 Å². The Kier molecular flexibility index (Phi) is 3.63. The van der Waals surface area contributed by atoms with Crippen molar-refractivity contribution in [1.82, 2.24) is 9.80 Å². The van der Waals surface area contributed by atoms with E-state index in [2.05, 4.69) is 0 Å². The second-order valence-corrected chi connectivity index (χ2v) is 5.73. The van der Waals surface area contributed by atoms with Gasteiger partial charge in [-0.25, -0.2) is 0 Å². The molecular weight excluding hydrogens is 240 g/mol. The number of nitrogens with zero attached hydrogens (tertiary/aromatic N) is 2. The van der Waals surface area contributed by atoms with E-state index in [1.54, 1.807) is 9.80 Å². The van der Waals surface area contributed by atoms with Gasteiger partial charge in [0.1, 0.15) is 0 Å². The molecule has 0 aromatic carbocycles. The molecule has 2 aliphatic rings. The normalized spacial score (nSPS) is 22.8. The zero-order valence-corrected chi connectivity index (χ0v) is 10.8. The largest absolute Gasteiger partial charge is 0.386 e. The molecule has 6 heteroatoms. The minimum Gasteiger partial charge on any atom is -0.386 e. The fourth-order valence-corrected chi connectivity index (χ4v) is 2.93. The van der Waals surface area contributed by atoms with Crippen LogP contribution >= 0.6 is 11.8 Å². The summed E-state index contributed by atoms with van der Waals surface area (Å²) in [7, 11) is 0. The van der Waals surface area contributed by atoms with Gasteiger partial charge in [0.25, 0.3) is 5.24 Å². The Labute approximate surface area is 105 Å². The van der Waals surface area contributed by atoms with Crippen LogP contribution in [-0.4, -0.2) is 63.6 Å². The van der Waals surface area contributed by atoms with Gasteiger partial charge in [-0.3, -0.25) is 9.59 Å². The Morgan fingerprint density at radius 3 is 2.76 bits per heavy atom. The van der Waals surface area contributed by atoms with Crippen LogP contribution in [0.25, 0.3) is 0 Å². The molecular formula is C11H18N2O3S. The SMILES string of the molecule is CCC1(O)CN(C(=O)CCN2CCSC2=O)C1. The van der Waals surface area contributed by atoms with Crippen molar-refractivity contribution in [2.75, 3.05) is 31.9 Å². The maximum atomic E-state index is 11.8. The van der Waals surface area contributed by atoms with Gasteiger partial charge < -0.3 is 14.9 Å². The van der Waals surface area contributed by atoms with Gasteiger partial charge in [0.2, 0.25) is 5.91 Å². The molecule has 0 aromatic rings. The highest BCUT2D eigenvalue weighted by Crippen LogP contribution is 2.25. The first-order valence-corrected chi connectivity index (χ1v) is 6.94. The number of carbonyl (C=O) groups is 2. The Hall–Kier alpha value is -0.750. The van der Waals surface area contributed by atoms with Crippen molar-refractivity contribution >= 4 is 22.9 Å². The second-order valence-electron chi connectivity index (χ2n) is 4.68. The summed E-state index contributed by atoms with van der Waals surface area (Å²) in [6, 6.07) is 0. The summed E-state index contributed by atoms with van der Waals surface area (Å²) in [6.07, 6.45) is 1.05. The van der Waals surface area contributed by atoms with Crippen LogP contribution in [0.1, 0.15) is 19.8 Å². The molecule has 1 N–H and O–H groups in total. The van der Waals surface area contributed by atoms with Crippen LogP contribution in [0.15, 0.2) is 0 Å². The van der Waals surface area contributed by atoms with E-state index in [-0.39, 0.29) is 11.1 Å². The molecule has 2 saturated heterocycles. The third kappa shape index (κ3) is 2.74. The first-order valence-electron chi connectivity index (χ1n) is 5.96. The Morgan fingerprint density at radius 1 is 1.53 bits per heavy atom. The molecule has 0 spiro atoms. The highest BCUT2D eigenvalue weighted by Gasteiger charge is 2.41. The summed E-state index contributed by atoms with van der Waals surface area (Å²) in [4.78, 5) is 26.5. The molecule has 2 amide bonds. The van der Waals surface area contributed by atoms with Crippen LogP contribution in [0.3, 0.4) is 0 Å². The number of hydrogen-bond donors (Lipinski definition) is 1. The molecule has 5 nitrogen and oxygen atoms in total. The van der Waals surface area contributed by atoms with Gasteiger partial charge in [0.05, 0.1) is 18.7 Å². The maximum absolute atomic E-state index is 11.8. The molecule has 0 radical (unpaired) electrons. The van der Waals surface area contributed by atoms with E-state index in [1.807, 2.05) is 6.92 Å². The van der Waals surface area contributed by atoms with Crippen LogP contribution in [0, 0.1) is 0 Å². The minimum absolute atomic E-state index is 0.0350. The fraction of sp³-hybridized carbons (Fsp3) is 0.818. The lowest BCUT2D eigenvalue weighted by Crippen LogP contribution is -2.63. The Balaban J connectivity index is 1.70. The monoisotopic (exact) mass is 258 g/mol. The molecule has 0 unspecified atom stereocenters. The number of thioether (sulfide) groups is 1. The summed E-state index contributed by atoms with van der Waals surface area (Å²) in [5.74, 6) is 0.861. The Bertz CT molecular complexity index is 329. The zero-order valence-electron chi connectivity index (χ0n) is 10.0. The number of amides is 2. The van der Waals surface area contributed by atoms with E-state index in [4.69, 9.17) is 0 Å². The fourth-order valence-electron chi connectivity index (χ4n) is 2.08. The standard InChI is InChI=1S/C11H18N2O3S/c1-2-11(16)7-13(8-11)9(14)3-4-12-5-6-17-10(12)15/h16H,2-8H2,1H3. The maximum Gasteiger partial charge on any atom is 0.281 e. The van der Waals surface area contributed by atoms with Crippen LogP contribution in [0.2, 0.25) is 0 Å². The number of aliphatic hydroxyl groups is 1. The van der Waals surface area contributed by atoms with Crippen LogP contribution in [0.5, 0.6) is 0 Å². The zero-order chi connectivity index (χ0) is 12.5. The van der Waals surface area contributed by atoms with E-state index in [1.165, 1.54) is 11.8 Å². The van der Waals surface area contributed by atoms with Crippen molar-refractivity contribution < 1.29 is 14.7 Å². The quantitative estimate of drug-likeness (QED) is 0.799. The molecule has 0 saturated carbocycles. The molecule has 17 heavy (non-hydrogen) atoms. The van der Waals surface area contributed by atoms with E-state index < -0.39 is 5.60 Å². The third-order valence-corrected chi connectivity index (χ3v) is 4.31. The van der Waals surface area contributed by atoms with Gasteiger partial charge in [-0.15, -0.1) is 0 Å². The van der Waals surface area contributed by atoms with Crippen molar-refractivity contribution in [3.05, 3.63) is 0 Å². The highest BCUT2D eigenvalue weighted by atomic mass is 32.2. The third-order valence-electron chi connectivity index (χ3n) is 3.42. The van der Waals surface area contributed by atoms with Crippen LogP contribution < -0.4 is 0 Å². The lowest BCUT2D eigenvalue weighted by Gasteiger charge is -2.46. The molecule has 0 aromatic heterocycles. The van der Waals surface area contributed by atoms with E-state index in [0.717, 1.165) is 12.3 Å². The predicted octanol–water partition coefficient (Wildman–Crippen LogP) is 0.529. The average molecular weight is 258 g/mol. The van der Waals surface area contributed by atoms with Gasteiger partial charge in [-0.2, -0.15) is 0 Å². The van der Waals surface area contributed by atoms with Crippen LogP contribution in [0.4, 0.5) is 4.79 Å². The van der Waals surface area contributed by atoms with Crippen molar-refractivity contribution in [2.45, 2.75) is 25.4 Å². The van der Waals surface area contributed by atoms with Gasteiger partial charge in [-0.1, -0.05) is 18.7 Å². The van der Waals surface area contributed by atoms with E-state index in [9.17, 15) is 14.7 Å². The molecule has 0 atom stereocenters. The first-order chi connectivity index (χ1) is 8.04. The molecule has 0 bridgehead atoms. The smallest absolute Gasteiger partial charge is 0.281 e. The van der Waals surface area contributed by atoms with Gasteiger partial charge >= 0.3 is 0 Å². The molecule has 2 heterocycles. The molecule has 2 fully saturated rings. The van der Waals surface area contributed by atoms with Crippen molar-refractivity contribution in [1.29, 1.82) is 0 Å². The summed E-state index contributed by atoms with van der Waals surface area (Å²) in [5.41, 5.74) is -0.672. The Morgan fingerprint density at radius 2 is 2.24 bits per heavy atom. The topological polar surface area (TPSA) is 60.9 Å². The summed E-state index contributed by atoms with van der Waals surface area (Å²) >= 11 is 1.31. The minimum atomic E-state index is -0.672. The summed E-state index contributed by atoms with van der Waals surface area (Å²) in [6.45, 7) is 4.04. The summed E-state index contributed by atoms with van der Waals surface area (Å²) in [5, 5.41) is 9.87. The average Bonchev–Trinajstić information content (AvgIpc) is 2.67. The summed E-state index contributed by atoms with van der Waals surface area (Å²) < 4.78 is 0. The number of β-amino-alcohol motifs (C(OH)–C–C–N with tert-alkyl or cyclic N) is 1. The molecule has 2 rings (SSSR count). The lowest BCUT2D eigenvalue weighted by molar-refractivity contribution is -0.155. The molecule has 2 aliphatic heterocycles. The number of rotatable bonds is 4. The molecule has 0 aliphatic carbocycles. The molecule has 96 valence electrons. The number of carbonyl (C=O) groups excluding carboxylic acids is 2. The number of hydrogen-bond acceptors (Lipinski definition) is 4. The number of likely N-dealkylation sites (tertiary alicyclic amines) is 1. The van der Waals surface area contributed by atoms with E-state index >= 15 is 0 Å². The first kappa shape index (κ1) is 12.7. The van der Waals surface area contributed by atoms with Gasteiger partial charge in [-0.05, 0) is 6.42 Å². The lowest BCUT2D eigenvalue weighted by atomic mass is 9.91. The highest BCUT2D eigenvalue weighted by molar-refractivity contribution is 8.13. The van der Waals surface area contributed by atoms with E-state index in [0.29, 0.717) is 32.5 Å². The predicted molar refractivity (Wildman–Crippen MR) is 65.9 cm³/mol. The van der Waals surface area contributed by atoms with Crippen molar-refractivity contribution in [3.8, 4) is 0 Å². The van der Waals surface area contributed by atoms with Crippen molar-refractivity contribution in [3.63, 3.8) is 0 Å². The van der Waals surface area contributed by atoms with Crippen LogP contribution in [-0.2, 0) is 4.79 Å².